The molecule has 0 N–H and O–H groups in total. The number of amides is 1. The second-order valence-electron chi connectivity index (χ2n) is 9.65. The highest BCUT2D eigenvalue weighted by atomic mass is 16.6. The molecule has 1 aliphatic heterocycles. The lowest BCUT2D eigenvalue weighted by molar-refractivity contribution is -0.384. The maximum atomic E-state index is 13.1. The smallest absolute Gasteiger partial charge is 0.280 e. The van der Waals surface area contributed by atoms with Crippen LogP contribution in [0.15, 0.2) is 83.5 Å². The second kappa shape index (κ2) is 10.7. The van der Waals surface area contributed by atoms with E-state index in [2.05, 4.69) is 25.9 Å². The maximum absolute atomic E-state index is 13.1. The number of carbonyl (C=O) groups excluding carboxylic acids is 1. The summed E-state index contributed by atoms with van der Waals surface area (Å²) in [6.07, 6.45) is 1.58. The fraction of sp³-hybridized carbons (Fsp3) is 0.241. The van der Waals surface area contributed by atoms with Gasteiger partial charge in [-0.25, -0.2) is 0 Å². The molecule has 0 atom stereocenters. The van der Waals surface area contributed by atoms with Crippen molar-refractivity contribution < 1.29 is 19.2 Å². The molecule has 4 rings (SSSR count). The highest BCUT2D eigenvalue weighted by molar-refractivity contribution is 6.32. The summed E-state index contributed by atoms with van der Waals surface area (Å²) in [5.74, 6) is 0.818. The molecule has 1 aliphatic rings. The van der Waals surface area contributed by atoms with Gasteiger partial charge in [0.2, 0.25) is 0 Å². The Hall–Kier alpha value is -4.46. The average molecular weight is 500 g/mol. The van der Waals surface area contributed by atoms with Crippen LogP contribution in [0.5, 0.6) is 11.5 Å². The van der Waals surface area contributed by atoms with E-state index in [0.717, 1.165) is 5.75 Å². The molecule has 0 fully saturated rings. The molecule has 37 heavy (non-hydrogen) atoms. The van der Waals surface area contributed by atoms with Gasteiger partial charge in [-0.1, -0.05) is 51.1 Å². The number of para-hydroxylation sites is 1. The number of non-ortho nitro benzene ring substituents is 1. The Morgan fingerprint density at radius 1 is 0.973 bits per heavy atom. The van der Waals surface area contributed by atoms with Crippen LogP contribution in [0.4, 0.5) is 11.4 Å². The van der Waals surface area contributed by atoms with E-state index < -0.39 is 4.92 Å². The Labute approximate surface area is 216 Å². The van der Waals surface area contributed by atoms with Crippen molar-refractivity contribution in [3.05, 3.63) is 99.6 Å². The lowest BCUT2D eigenvalue weighted by atomic mass is 9.87. The molecule has 0 radical (unpaired) electrons. The lowest BCUT2D eigenvalue weighted by Crippen LogP contribution is -2.21. The Kier molecular flexibility index (Phi) is 7.38. The first-order valence-corrected chi connectivity index (χ1v) is 11.9. The van der Waals surface area contributed by atoms with Crippen molar-refractivity contribution in [3.8, 4) is 11.5 Å². The number of nitro groups is 1. The van der Waals surface area contributed by atoms with Gasteiger partial charge in [0.1, 0.15) is 24.7 Å². The highest BCUT2D eigenvalue weighted by Gasteiger charge is 2.29. The van der Waals surface area contributed by atoms with Gasteiger partial charge in [-0.15, -0.1) is 0 Å². The molecular weight excluding hydrogens is 470 g/mol. The fourth-order valence-corrected chi connectivity index (χ4v) is 3.84. The topological polar surface area (TPSA) is 94.3 Å². The SMILES string of the molecule is CC1=NN(c2ccccc2)C(=O)/C1=C\c1cc([N+](=O)[O-])ccc1OCCOc1ccc(C(C)(C)C)cc1. The normalized spacial score (nSPS) is 14.6. The van der Waals surface area contributed by atoms with Gasteiger partial charge in [0, 0.05) is 17.7 Å². The maximum Gasteiger partial charge on any atom is 0.280 e. The minimum absolute atomic E-state index is 0.0599. The van der Waals surface area contributed by atoms with Crippen LogP contribution in [0.1, 0.15) is 38.8 Å². The molecule has 190 valence electrons. The van der Waals surface area contributed by atoms with E-state index >= 15 is 0 Å². The van der Waals surface area contributed by atoms with E-state index in [1.807, 2.05) is 42.5 Å². The predicted octanol–water partition coefficient (Wildman–Crippen LogP) is 6.16. The van der Waals surface area contributed by atoms with Crippen LogP contribution >= 0.6 is 0 Å². The van der Waals surface area contributed by atoms with Crippen molar-refractivity contribution >= 4 is 29.1 Å². The largest absolute Gasteiger partial charge is 0.490 e. The molecule has 0 saturated heterocycles. The Balaban J connectivity index is 1.49. The summed E-state index contributed by atoms with van der Waals surface area (Å²) < 4.78 is 11.7. The number of rotatable bonds is 8. The third-order valence-electron chi connectivity index (χ3n) is 5.90. The zero-order valence-electron chi connectivity index (χ0n) is 21.3. The van der Waals surface area contributed by atoms with E-state index in [1.54, 1.807) is 25.1 Å². The van der Waals surface area contributed by atoms with Crippen LogP contribution in [0.3, 0.4) is 0 Å². The number of carbonyl (C=O) groups is 1. The standard InChI is InChI=1S/C29H29N3O5/c1-20-26(28(33)31(30-20)23-8-6-5-7-9-23)19-21-18-24(32(34)35)12-15-27(21)37-17-16-36-25-13-10-22(11-14-25)29(2,3)4/h5-15,18-19H,16-17H2,1-4H3/b26-19-. The van der Waals surface area contributed by atoms with Gasteiger partial charge >= 0.3 is 0 Å². The molecular formula is C29H29N3O5. The van der Waals surface area contributed by atoms with Crippen LogP contribution in [0.25, 0.3) is 6.08 Å². The van der Waals surface area contributed by atoms with Crippen molar-refractivity contribution in [2.75, 3.05) is 18.2 Å². The van der Waals surface area contributed by atoms with Crippen LogP contribution in [0.2, 0.25) is 0 Å². The molecule has 3 aromatic carbocycles. The quantitative estimate of drug-likeness (QED) is 0.160. The molecule has 8 nitrogen and oxygen atoms in total. The minimum Gasteiger partial charge on any atom is -0.490 e. The van der Waals surface area contributed by atoms with Crippen LogP contribution in [-0.4, -0.2) is 29.8 Å². The lowest BCUT2D eigenvalue weighted by Gasteiger charge is -2.19. The third-order valence-corrected chi connectivity index (χ3v) is 5.90. The summed E-state index contributed by atoms with van der Waals surface area (Å²) in [6.45, 7) is 8.68. The van der Waals surface area contributed by atoms with E-state index in [9.17, 15) is 14.9 Å². The molecule has 3 aromatic rings. The third kappa shape index (κ3) is 6.03. The summed E-state index contributed by atoms with van der Waals surface area (Å²) in [6, 6.07) is 21.3. The molecule has 0 saturated carbocycles. The first-order chi connectivity index (χ1) is 17.6. The summed E-state index contributed by atoms with van der Waals surface area (Å²) in [4.78, 5) is 24.0. The Morgan fingerprint density at radius 2 is 1.65 bits per heavy atom. The number of anilines is 1. The summed E-state index contributed by atoms with van der Waals surface area (Å²) in [5, 5.41) is 17.1. The number of nitrogens with zero attached hydrogens (tertiary/aromatic N) is 3. The first kappa shape index (κ1) is 25.6. The van der Waals surface area contributed by atoms with E-state index in [4.69, 9.17) is 9.47 Å². The van der Waals surface area contributed by atoms with Crippen molar-refractivity contribution in [2.45, 2.75) is 33.1 Å². The van der Waals surface area contributed by atoms with Crippen molar-refractivity contribution in [3.63, 3.8) is 0 Å². The van der Waals surface area contributed by atoms with Crippen LogP contribution < -0.4 is 14.5 Å². The number of nitro benzene ring substituents is 1. The molecule has 1 amide bonds. The zero-order valence-corrected chi connectivity index (χ0v) is 21.3. The van der Waals surface area contributed by atoms with Crippen LogP contribution in [0, 0.1) is 10.1 Å². The Morgan fingerprint density at radius 3 is 2.30 bits per heavy atom. The average Bonchev–Trinajstić information content (AvgIpc) is 3.15. The van der Waals surface area contributed by atoms with Gasteiger partial charge in [0.05, 0.1) is 21.9 Å². The number of hydrazone groups is 1. The fourth-order valence-electron chi connectivity index (χ4n) is 3.84. The van der Waals surface area contributed by atoms with Gasteiger partial charge in [-0.2, -0.15) is 10.1 Å². The van der Waals surface area contributed by atoms with Gasteiger partial charge in [0.25, 0.3) is 11.6 Å². The second-order valence-corrected chi connectivity index (χ2v) is 9.65. The summed E-state index contributed by atoms with van der Waals surface area (Å²) >= 11 is 0. The molecule has 0 bridgehead atoms. The van der Waals surface area contributed by atoms with Gasteiger partial charge in [-0.05, 0) is 54.3 Å². The van der Waals surface area contributed by atoms with Gasteiger partial charge < -0.3 is 9.47 Å². The van der Waals surface area contributed by atoms with Crippen molar-refractivity contribution in [2.24, 2.45) is 5.10 Å². The zero-order chi connectivity index (χ0) is 26.6. The first-order valence-electron chi connectivity index (χ1n) is 11.9. The van der Waals surface area contributed by atoms with E-state index in [1.165, 1.54) is 28.8 Å². The van der Waals surface area contributed by atoms with Gasteiger partial charge in [0.15, 0.2) is 0 Å². The molecule has 0 spiro atoms. The number of ether oxygens (including phenoxy) is 2. The minimum atomic E-state index is -0.482. The molecule has 8 heteroatoms. The predicted molar refractivity (Wildman–Crippen MR) is 144 cm³/mol. The van der Waals surface area contributed by atoms with Gasteiger partial charge in [-0.3, -0.25) is 14.9 Å². The molecule has 0 unspecified atom stereocenters. The summed E-state index contributed by atoms with van der Waals surface area (Å²) in [7, 11) is 0. The van der Waals surface area contributed by atoms with Crippen molar-refractivity contribution in [1.29, 1.82) is 0 Å². The molecule has 1 heterocycles. The number of benzene rings is 3. The molecule has 0 aromatic heterocycles. The monoisotopic (exact) mass is 499 g/mol. The number of hydrogen-bond donors (Lipinski definition) is 0. The number of hydrogen-bond acceptors (Lipinski definition) is 6. The van der Waals surface area contributed by atoms with E-state index in [-0.39, 0.29) is 30.2 Å². The Bertz CT molecular complexity index is 1360. The van der Waals surface area contributed by atoms with Crippen molar-refractivity contribution in [1.82, 2.24) is 0 Å². The molecule has 0 aliphatic carbocycles. The summed E-state index contributed by atoms with van der Waals surface area (Å²) in [5.41, 5.74) is 3.07. The van der Waals surface area contributed by atoms with E-state index in [0.29, 0.717) is 28.3 Å². The highest BCUT2D eigenvalue weighted by Crippen LogP contribution is 2.30. The van der Waals surface area contributed by atoms with Crippen LogP contribution in [-0.2, 0) is 10.2 Å².